The van der Waals surface area contributed by atoms with Crippen LogP contribution in [-0.2, 0) is 0 Å². The summed E-state index contributed by atoms with van der Waals surface area (Å²) in [7, 11) is 0. The van der Waals surface area contributed by atoms with Crippen molar-refractivity contribution in [2.45, 2.75) is 19.9 Å². The fraction of sp³-hybridized carbons (Fsp3) is 0.300. The molecule has 0 saturated carbocycles. The van der Waals surface area contributed by atoms with Gasteiger partial charge in [-0.2, -0.15) is 4.68 Å². The summed E-state index contributed by atoms with van der Waals surface area (Å²) in [5.74, 6) is 0.382. The molecule has 2 heterocycles. The highest BCUT2D eigenvalue weighted by Crippen LogP contribution is 2.01. The molecule has 0 unspecified atom stereocenters. The summed E-state index contributed by atoms with van der Waals surface area (Å²) in [5.41, 5.74) is 5.17. The number of aromatic nitrogens is 5. The van der Waals surface area contributed by atoms with Crippen LogP contribution >= 0.6 is 12.2 Å². The lowest BCUT2D eigenvalue weighted by atomic mass is 10.4. The smallest absolute Gasteiger partial charge is 0.295 e. The SMILES string of the molecule is CC(C)n1ccnc(-n2cnc(C(N)=S)n2)c1=O. The highest BCUT2D eigenvalue weighted by molar-refractivity contribution is 7.80. The van der Waals surface area contributed by atoms with Gasteiger partial charge in [0.25, 0.3) is 5.56 Å². The van der Waals surface area contributed by atoms with Crippen molar-refractivity contribution in [3.8, 4) is 5.82 Å². The Kier molecular flexibility index (Phi) is 3.19. The van der Waals surface area contributed by atoms with Gasteiger partial charge in [0.05, 0.1) is 0 Å². The molecule has 2 aromatic heterocycles. The summed E-state index contributed by atoms with van der Waals surface area (Å²) in [6, 6.07) is 0.0397. The lowest BCUT2D eigenvalue weighted by Gasteiger charge is -2.09. The van der Waals surface area contributed by atoms with Crippen LogP contribution in [-0.4, -0.2) is 29.3 Å². The van der Waals surface area contributed by atoms with Crippen LogP contribution in [0.5, 0.6) is 0 Å². The molecule has 2 aromatic rings. The van der Waals surface area contributed by atoms with Crippen LogP contribution in [0.25, 0.3) is 5.82 Å². The molecule has 0 aromatic carbocycles. The minimum atomic E-state index is -0.244. The summed E-state index contributed by atoms with van der Waals surface area (Å²) >= 11 is 4.76. The van der Waals surface area contributed by atoms with E-state index in [-0.39, 0.29) is 28.2 Å². The van der Waals surface area contributed by atoms with Crippen LogP contribution in [0.3, 0.4) is 0 Å². The van der Waals surface area contributed by atoms with Crippen LogP contribution in [0.15, 0.2) is 23.5 Å². The minimum Gasteiger partial charge on any atom is -0.387 e. The van der Waals surface area contributed by atoms with Gasteiger partial charge in [0.2, 0.25) is 11.6 Å². The summed E-state index contributed by atoms with van der Waals surface area (Å²) < 4.78 is 2.83. The number of thiocarbonyl (C=S) groups is 1. The van der Waals surface area contributed by atoms with E-state index >= 15 is 0 Å². The molecule has 0 saturated heterocycles. The molecule has 0 amide bonds. The predicted octanol–water partition coefficient (Wildman–Crippen LogP) is 0.0391. The maximum Gasteiger partial charge on any atom is 0.295 e. The average molecular weight is 264 g/mol. The number of nitrogens with two attached hydrogens (primary N) is 1. The quantitative estimate of drug-likeness (QED) is 0.787. The highest BCUT2D eigenvalue weighted by atomic mass is 32.1. The van der Waals surface area contributed by atoms with E-state index in [1.54, 1.807) is 17.0 Å². The Balaban J connectivity index is 2.54. The summed E-state index contributed by atoms with van der Waals surface area (Å²) in [6.07, 6.45) is 4.53. The molecule has 18 heavy (non-hydrogen) atoms. The fourth-order valence-electron chi connectivity index (χ4n) is 1.46. The third-order valence-electron chi connectivity index (χ3n) is 2.34. The van der Waals surface area contributed by atoms with E-state index in [1.165, 1.54) is 11.0 Å². The van der Waals surface area contributed by atoms with E-state index in [0.29, 0.717) is 0 Å². The van der Waals surface area contributed by atoms with Crippen molar-refractivity contribution < 1.29 is 0 Å². The van der Waals surface area contributed by atoms with Crippen LogP contribution in [0, 0.1) is 0 Å². The molecule has 2 rings (SSSR count). The number of rotatable bonds is 3. The normalized spacial score (nSPS) is 10.8. The molecule has 2 N–H and O–H groups in total. The second-order valence-corrected chi connectivity index (χ2v) is 4.37. The Morgan fingerprint density at radius 3 is 2.72 bits per heavy atom. The maximum atomic E-state index is 12.1. The second kappa shape index (κ2) is 4.65. The highest BCUT2D eigenvalue weighted by Gasteiger charge is 2.12. The topological polar surface area (TPSA) is 91.6 Å². The van der Waals surface area contributed by atoms with Crippen LogP contribution in [0.1, 0.15) is 25.7 Å². The summed E-state index contributed by atoms with van der Waals surface area (Å²) in [5, 5.41) is 4.00. The van der Waals surface area contributed by atoms with Gasteiger partial charge in [-0.05, 0) is 13.8 Å². The molecule has 7 nitrogen and oxygen atoms in total. The number of nitrogens with zero attached hydrogens (tertiary/aromatic N) is 5. The third-order valence-corrected chi connectivity index (χ3v) is 2.52. The van der Waals surface area contributed by atoms with E-state index in [2.05, 4.69) is 15.1 Å². The molecule has 0 spiro atoms. The molecule has 0 aliphatic rings. The summed E-state index contributed by atoms with van der Waals surface area (Å²) in [4.78, 5) is 20.1. The third kappa shape index (κ3) is 2.14. The molecule has 0 aliphatic carbocycles. The van der Waals surface area contributed by atoms with Gasteiger partial charge in [0.15, 0.2) is 0 Å². The van der Waals surface area contributed by atoms with Crippen molar-refractivity contribution >= 4 is 17.2 Å². The first-order valence-corrected chi connectivity index (χ1v) is 5.70. The zero-order valence-corrected chi connectivity index (χ0v) is 10.8. The standard InChI is InChI=1S/C10H12N6OS/c1-6(2)15-4-3-12-9(10(15)17)16-5-13-8(14-16)7(11)18/h3-6H,1-2H3,(H2,11,18). The molecular weight excluding hydrogens is 252 g/mol. The Morgan fingerprint density at radius 1 is 1.44 bits per heavy atom. The molecule has 0 bridgehead atoms. The molecule has 0 atom stereocenters. The van der Waals surface area contributed by atoms with Gasteiger partial charge >= 0.3 is 0 Å². The van der Waals surface area contributed by atoms with Gasteiger partial charge in [0.1, 0.15) is 11.3 Å². The average Bonchev–Trinajstić information content (AvgIpc) is 2.78. The van der Waals surface area contributed by atoms with Gasteiger partial charge in [-0.15, -0.1) is 5.10 Å². The van der Waals surface area contributed by atoms with Crippen LogP contribution in [0.2, 0.25) is 0 Å². The monoisotopic (exact) mass is 264 g/mol. The van der Waals surface area contributed by atoms with E-state index < -0.39 is 0 Å². The maximum absolute atomic E-state index is 12.1. The van der Waals surface area contributed by atoms with Crippen LogP contribution in [0.4, 0.5) is 0 Å². The Morgan fingerprint density at radius 2 is 2.17 bits per heavy atom. The van der Waals surface area contributed by atoms with Crippen molar-refractivity contribution in [1.82, 2.24) is 24.3 Å². The van der Waals surface area contributed by atoms with E-state index in [9.17, 15) is 4.79 Å². The summed E-state index contributed by atoms with van der Waals surface area (Å²) in [6.45, 7) is 3.82. The second-order valence-electron chi connectivity index (χ2n) is 3.93. The first-order valence-electron chi connectivity index (χ1n) is 5.29. The lowest BCUT2D eigenvalue weighted by Crippen LogP contribution is -2.27. The number of hydrogen-bond acceptors (Lipinski definition) is 5. The molecule has 0 aliphatic heterocycles. The van der Waals surface area contributed by atoms with E-state index in [0.717, 1.165) is 0 Å². The van der Waals surface area contributed by atoms with Gasteiger partial charge in [-0.3, -0.25) is 4.79 Å². The minimum absolute atomic E-state index is 0.0397. The van der Waals surface area contributed by atoms with Crippen molar-refractivity contribution in [2.75, 3.05) is 0 Å². The van der Waals surface area contributed by atoms with Gasteiger partial charge < -0.3 is 10.3 Å². The predicted molar refractivity (Wildman–Crippen MR) is 69.7 cm³/mol. The Bertz CT molecular complexity index is 644. The van der Waals surface area contributed by atoms with Gasteiger partial charge in [-0.1, -0.05) is 12.2 Å². The van der Waals surface area contributed by atoms with E-state index in [1.807, 2.05) is 13.8 Å². The lowest BCUT2D eigenvalue weighted by molar-refractivity contribution is 0.567. The van der Waals surface area contributed by atoms with Crippen molar-refractivity contribution in [1.29, 1.82) is 0 Å². The molecule has 0 fully saturated rings. The molecule has 94 valence electrons. The molecule has 0 radical (unpaired) electrons. The van der Waals surface area contributed by atoms with Crippen molar-refractivity contribution in [2.24, 2.45) is 5.73 Å². The molecule has 8 heteroatoms. The van der Waals surface area contributed by atoms with E-state index in [4.69, 9.17) is 18.0 Å². The molecular formula is C10H12N6OS. The van der Waals surface area contributed by atoms with Crippen LogP contribution < -0.4 is 11.3 Å². The Labute approximate surface area is 108 Å². The van der Waals surface area contributed by atoms with Crippen molar-refractivity contribution in [3.63, 3.8) is 0 Å². The number of hydrogen-bond donors (Lipinski definition) is 1. The fourth-order valence-corrected chi connectivity index (χ4v) is 1.55. The van der Waals surface area contributed by atoms with Gasteiger partial charge in [0, 0.05) is 18.4 Å². The zero-order valence-electron chi connectivity index (χ0n) is 9.94. The van der Waals surface area contributed by atoms with Gasteiger partial charge in [-0.25, -0.2) is 9.97 Å². The zero-order chi connectivity index (χ0) is 13.3. The first kappa shape index (κ1) is 12.4. The first-order chi connectivity index (χ1) is 8.50. The largest absolute Gasteiger partial charge is 0.387 e. The van der Waals surface area contributed by atoms with Crippen molar-refractivity contribution in [3.05, 3.63) is 34.9 Å². The Hall–Kier alpha value is -2.09.